The fraction of sp³-hybridized carbons (Fsp3) is 0. The highest BCUT2D eigenvalue weighted by atomic mass is 19.1. The lowest BCUT2D eigenvalue weighted by Gasteiger charge is -1.96. The van der Waals surface area contributed by atoms with Crippen LogP contribution < -0.4 is 0 Å². The van der Waals surface area contributed by atoms with E-state index in [1.165, 1.54) is 18.2 Å². The minimum absolute atomic E-state index is 0.344. The van der Waals surface area contributed by atoms with Gasteiger partial charge in [-0.25, -0.2) is 4.39 Å². The molecule has 1 aromatic rings. The minimum atomic E-state index is -0.344. The maximum absolute atomic E-state index is 13.0. The second kappa shape index (κ2) is 4.36. The van der Waals surface area contributed by atoms with Gasteiger partial charge in [0.1, 0.15) is 12.1 Å². The number of carbonyl (C=O) groups excluding carboxylic acids is 1. The van der Waals surface area contributed by atoms with E-state index in [2.05, 4.69) is 6.58 Å². The summed E-state index contributed by atoms with van der Waals surface area (Å²) in [7, 11) is 0. The summed E-state index contributed by atoms with van der Waals surface area (Å²) in [6.45, 7) is 3.47. The lowest BCUT2D eigenvalue weighted by atomic mass is 10.1. The Morgan fingerprint density at radius 1 is 1.38 bits per heavy atom. The third kappa shape index (κ3) is 2.37. The Kier molecular flexibility index (Phi) is 3.15. The van der Waals surface area contributed by atoms with Gasteiger partial charge in [-0.15, -0.1) is 0 Å². The zero-order valence-corrected chi connectivity index (χ0v) is 7.03. The molecule has 0 N–H and O–H groups in total. The van der Waals surface area contributed by atoms with E-state index in [-0.39, 0.29) is 5.82 Å². The van der Waals surface area contributed by atoms with Gasteiger partial charge >= 0.3 is 0 Å². The highest BCUT2D eigenvalue weighted by Gasteiger charge is 1.98. The van der Waals surface area contributed by atoms with Crippen molar-refractivity contribution in [1.29, 1.82) is 0 Å². The smallest absolute Gasteiger partial charge is 0.150 e. The van der Waals surface area contributed by atoms with Gasteiger partial charge < -0.3 is 0 Å². The summed E-state index contributed by atoms with van der Waals surface area (Å²) < 4.78 is 13.0. The fourth-order valence-electron chi connectivity index (χ4n) is 0.935. The molecule has 0 radical (unpaired) electrons. The molecule has 0 aliphatic carbocycles. The lowest BCUT2D eigenvalue weighted by Crippen LogP contribution is -1.85. The topological polar surface area (TPSA) is 17.1 Å². The fourth-order valence-corrected chi connectivity index (χ4v) is 0.935. The van der Waals surface area contributed by atoms with E-state index in [0.29, 0.717) is 17.4 Å². The van der Waals surface area contributed by atoms with Crippen LogP contribution >= 0.6 is 0 Å². The lowest BCUT2D eigenvalue weighted by molar-refractivity contribution is 0.112. The van der Waals surface area contributed by atoms with Gasteiger partial charge in [-0.1, -0.05) is 24.8 Å². The van der Waals surface area contributed by atoms with Gasteiger partial charge in [0, 0.05) is 11.1 Å². The Morgan fingerprint density at radius 2 is 2.15 bits per heavy atom. The van der Waals surface area contributed by atoms with Crippen LogP contribution in [-0.2, 0) is 0 Å². The average Bonchev–Trinajstić information content (AvgIpc) is 2.17. The SMILES string of the molecule is C=C/C=C/c1cc(C=O)ccc1F. The maximum atomic E-state index is 13.0. The molecule has 0 saturated carbocycles. The van der Waals surface area contributed by atoms with Crippen LogP contribution in [0.2, 0.25) is 0 Å². The summed E-state index contributed by atoms with van der Waals surface area (Å²) in [6.07, 6.45) is 5.42. The predicted octanol–water partition coefficient (Wildman–Crippen LogP) is 2.84. The van der Waals surface area contributed by atoms with E-state index in [0.717, 1.165) is 0 Å². The molecule has 0 unspecified atom stereocenters. The molecule has 1 aromatic carbocycles. The summed E-state index contributed by atoms with van der Waals surface area (Å²) in [5, 5.41) is 0. The van der Waals surface area contributed by atoms with Crippen LogP contribution in [-0.4, -0.2) is 6.29 Å². The third-order valence-electron chi connectivity index (χ3n) is 1.57. The van der Waals surface area contributed by atoms with Gasteiger partial charge in [0.25, 0.3) is 0 Å². The summed E-state index contributed by atoms with van der Waals surface area (Å²) in [5.41, 5.74) is 0.856. The Morgan fingerprint density at radius 3 is 2.77 bits per heavy atom. The van der Waals surface area contributed by atoms with E-state index in [1.54, 1.807) is 18.2 Å². The van der Waals surface area contributed by atoms with Crippen LogP contribution in [0.5, 0.6) is 0 Å². The summed E-state index contributed by atoms with van der Waals surface area (Å²) in [5.74, 6) is -0.344. The van der Waals surface area contributed by atoms with E-state index in [1.807, 2.05) is 0 Å². The molecule has 0 aliphatic rings. The van der Waals surface area contributed by atoms with E-state index >= 15 is 0 Å². The van der Waals surface area contributed by atoms with E-state index < -0.39 is 0 Å². The zero-order valence-electron chi connectivity index (χ0n) is 7.03. The first-order valence-electron chi connectivity index (χ1n) is 3.81. The molecule has 66 valence electrons. The number of carbonyl (C=O) groups is 1. The number of aldehydes is 1. The van der Waals surface area contributed by atoms with Crippen LogP contribution in [0.1, 0.15) is 15.9 Å². The Hall–Kier alpha value is -1.70. The van der Waals surface area contributed by atoms with E-state index in [4.69, 9.17) is 0 Å². The molecule has 1 rings (SSSR count). The van der Waals surface area contributed by atoms with Crippen LogP contribution in [0.15, 0.2) is 36.9 Å². The van der Waals surface area contributed by atoms with Gasteiger partial charge in [0.15, 0.2) is 0 Å². The standard InChI is InChI=1S/C11H9FO/c1-2-3-4-10-7-9(8-13)5-6-11(10)12/h2-8H,1H2/b4-3+. The van der Waals surface area contributed by atoms with Crippen molar-refractivity contribution in [3.05, 3.63) is 53.9 Å². The molecule has 0 amide bonds. The maximum Gasteiger partial charge on any atom is 0.150 e. The second-order valence-corrected chi connectivity index (χ2v) is 2.49. The molecule has 0 bridgehead atoms. The number of allylic oxidation sites excluding steroid dienone is 2. The molecule has 0 atom stereocenters. The van der Waals surface area contributed by atoms with Crippen molar-refractivity contribution >= 4 is 12.4 Å². The molecule has 0 heterocycles. The number of benzene rings is 1. The molecule has 0 spiro atoms. The van der Waals surface area contributed by atoms with Crippen molar-refractivity contribution in [2.24, 2.45) is 0 Å². The minimum Gasteiger partial charge on any atom is -0.298 e. The molecular weight excluding hydrogens is 167 g/mol. The largest absolute Gasteiger partial charge is 0.298 e. The molecule has 0 fully saturated rings. The van der Waals surface area contributed by atoms with Gasteiger partial charge in [-0.2, -0.15) is 0 Å². The molecule has 0 aromatic heterocycles. The Balaban J connectivity index is 3.10. The van der Waals surface area contributed by atoms with Crippen LogP contribution in [0.4, 0.5) is 4.39 Å². The van der Waals surface area contributed by atoms with Gasteiger partial charge in [-0.05, 0) is 18.2 Å². The van der Waals surface area contributed by atoms with Crippen molar-refractivity contribution in [2.75, 3.05) is 0 Å². The summed E-state index contributed by atoms with van der Waals surface area (Å²) in [4.78, 5) is 10.4. The zero-order chi connectivity index (χ0) is 9.68. The van der Waals surface area contributed by atoms with Crippen molar-refractivity contribution in [3.8, 4) is 0 Å². The molecule has 0 aliphatic heterocycles. The Bertz CT molecular complexity index is 353. The number of rotatable bonds is 3. The highest BCUT2D eigenvalue weighted by Crippen LogP contribution is 2.11. The summed E-state index contributed by atoms with van der Waals surface area (Å²) in [6, 6.07) is 4.20. The quantitative estimate of drug-likeness (QED) is 0.511. The van der Waals surface area contributed by atoms with Gasteiger partial charge in [0.05, 0.1) is 0 Å². The van der Waals surface area contributed by atoms with Crippen molar-refractivity contribution in [3.63, 3.8) is 0 Å². The highest BCUT2D eigenvalue weighted by molar-refractivity contribution is 5.76. The number of hydrogen-bond acceptors (Lipinski definition) is 1. The molecule has 0 saturated heterocycles. The van der Waals surface area contributed by atoms with Gasteiger partial charge in [-0.3, -0.25) is 4.79 Å². The first kappa shape index (κ1) is 9.39. The van der Waals surface area contributed by atoms with Gasteiger partial charge in [0.2, 0.25) is 0 Å². The van der Waals surface area contributed by atoms with Crippen LogP contribution in [0.25, 0.3) is 6.08 Å². The van der Waals surface area contributed by atoms with Crippen molar-refractivity contribution in [2.45, 2.75) is 0 Å². The van der Waals surface area contributed by atoms with E-state index in [9.17, 15) is 9.18 Å². The first-order valence-corrected chi connectivity index (χ1v) is 3.81. The monoisotopic (exact) mass is 176 g/mol. The third-order valence-corrected chi connectivity index (χ3v) is 1.57. The second-order valence-electron chi connectivity index (χ2n) is 2.49. The number of hydrogen-bond donors (Lipinski definition) is 0. The molecule has 13 heavy (non-hydrogen) atoms. The Labute approximate surface area is 76.2 Å². The van der Waals surface area contributed by atoms with Crippen molar-refractivity contribution < 1.29 is 9.18 Å². The number of halogens is 1. The molecule has 2 heteroatoms. The van der Waals surface area contributed by atoms with Crippen LogP contribution in [0, 0.1) is 5.82 Å². The predicted molar refractivity (Wildman–Crippen MR) is 51.0 cm³/mol. The molecular formula is C11H9FO. The molecule has 1 nitrogen and oxygen atoms in total. The normalized spacial score (nSPS) is 10.2. The van der Waals surface area contributed by atoms with Crippen LogP contribution in [0.3, 0.4) is 0 Å². The average molecular weight is 176 g/mol. The van der Waals surface area contributed by atoms with Crippen molar-refractivity contribution in [1.82, 2.24) is 0 Å². The summed E-state index contributed by atoms with van der Waals surface area (Å²) >= 11 is 0. The first-order chi connectivity index (χ1) is 6.27.